The first-order valence-electron chi connectivity index (χ1n) is 8.29. The number of rotatable bonds is 2. The highest BCUT2D eigenvalue weighted by Gasteiger charge is 2.28. The van der Waals surface area contributed by atoms with Crippen LogP contribution in [0.25, 0.3) is 11.0 Å². The van der Waals surface area contributed by atoms with E-state index in [0.29, 0.717) is 5.92 Å². The number of H-pyrrole nitrogens is 1. The zero-order chi connectivity index (χ0) is 16.7. The van der Waals surface area contributed by atoms with E-state index in [9.17, 15) is 4.79 Å². The zero-order valence-electron chi connectivity index (χ0n) is 13.9. The SMILES string of the molecule is Cc1nc(C)c(C(=O)N2CCCC(c3cc4cccnc4[nH]3)C2)s1. The maximum atomic E-state index is 12.9. The Morgan fingerprint density at radius 1 is 1.42 bits per heavy atom. The van der Waals surface area contributed by atoms with Crippen LogP contribution in [0.5, 0.6) is 0 Å². The highest BCUT2D eigenvalue weighted by atomic mass is 32.1. The van der Waals surface area contributed by atoms with Crippen LogP contribution < -0.4 is 0 Å². The molecule has 0 saturated carbocycles. The molecule has 4 heterocycles. The van der Waals surface area contributed by atoms with Crippen LogP contribution in [0.4, 0.5) is 0 Å². The minimum atomic E-state index is 0.122. The van der Waals surface area contributed by atoms with Crippen molar-refractivity contribution >= 4 is 28.3 Å². The number of aryl methyl sites for hydroxylation is 2. The van der Waals surface area contributed by atoms with E-state index in [0.717, 1.165) is 52.5 Å². The molecule has 0 radical (unpaired) electrons. The summed E-state index contributed by atoms with van der Waals surface area (Å²) >= 11 is 1.50. The lowest BCUT2D eigenvalue weighted by Crippen LogP contribution is -2.39. The van der Waals surface area contributed by atoms with Gasteiger partial charge >= 0.3 is 0 Å². The Balaban J connectivity index is 1.57. The molecule has 0 spiro atoms. The molecule has 0 aromatic carbocycles. The lowest BCUT2D eigenvalue weighted by molar-refractivity contribution is 0.0710. The molecule has 1 aliphatic heterocycles. The number of amides is 1. The van der Waals surface area contributed by atoms with Crippen LogP contribution in [0.2, 0.25) is 0 Å². The van der Waals surface area contributed by atoms with Crippen molar-refractivity contribution in [2.75, 3.05) is 13.1 Å². The third-order valence-electron chi connectivity index (χ3n) is 4.66. The number of aromatic nitrogens is 3. The number of pyridine rings is 1. The number of thiazole rings is 1. The number of nitrogens with one attached hydrogen (secondary N) is 1. The molecule has 6 heteroatoms. The number of hydrogen-bond acceptors (Lipinski definition) is 4. The van der Waals surface area contributed by atoms with Crippen molar-refractivity contribution in [1.29, 1.82) is 0 Å². The summed E-state index contributed by atoms with van der Waals surface area (Å²) in [6.45, 7) is 5.44. The summed E-state index contributed by atoms with van der Waals surface area (Å²) in [6, 6.07) is 6.19. The average Bonchev–Trinajstić information content (AvgIpc) is 3.17. The molecule has 1 atom stereocenters. The molecule has 5 nitrogen and oxygen atoms in total. The fraction of sp³-hybridized carbons (Fsp3) is 0.389. The maximum Gasteiger partial charge on any atom is 0.265 e. The van der Waals surface area contributed by atoms with Gasteiger partial charge in [0.1, 0.15) is 10.5 Å². The van der Waals surface area contributed by atoms with E-state index in [1.807, 2.05) is 24.8 Å². The second-order valence-electron chi connectivity index (χ2n) is 6.40. The number of carbonyl (C=O) groups excluding carboxylic acids is 1. The molecule has 0 bridgehead atoms. The van der Waals surface area contributed by atoms with E-state index >= 15 is 0 Å². The first-order chi connectivity index (χ1) is 11.6. The van der Waals surface area contributed by atoms with Crippen molar-refractivity contribution < 1.29 is 4.79 Å². The molecule has 1 unspecified atom stereocenters. The van der Waals surface area contributed by atoms with Crippen LogP contribution in [0.1, 0.15) is 44.8 Å². The van der Waals surface area contributed by atoms with Crippen LogP contribution in [-0.4, -0.2) is 38.8 Å². The van der Waals surface area contributed by atoms with Crippen molar-refractivity contribution in [3.63, 3.8) is 0 Å². The molecule has 1 N–H and O–H groups in total. The molecule has 1 aliphatic rings. The van der Waals surface area contributed by atoms with Crippen molar-refractivity contribution in [2.45, 2.75) is 32.6 Å². The number of carbonyl (C=O) groups is 1. The van der Waals surface area contributed by atoms with Gasteiger partial charge in [0.2, 0.25) is 0 Å². The van der Waals surface area contributed by atoms with Gasteiger partial charge < -0.3 is 9.88 Å². The summed E-state index contributed by atoms with van der Waals surface area (Å²) in [7, 11) is 0. The molecule has 124 valence electrons. The molecular weight excluding hydrogens is 320 g/mol. The molecule has 3 aromatic rings. The largest absolute Gasteiger partial charge is 0.343 e. The summed E-state index contributed by atoms with van der Waals surface area (Å²) in [6.07, 6.45) is 3.92. The molecule has 1 amide bonds. The second kappa shape index (κ2) is 6.02. The maximum absolute atomic E-state index is 12.9. The number of likely N-dealkylation sites (tertiary alicyclic amines) is 1. The quantitative estimate of drug-likeness (QED) is 0.774. The standard InChI is InChI=1S/C18H20N4OS/c1-11-16(24-12(2)20-11)18(23)22-8-4-6-14(10-22)15-9-13-5-3-7-19-17(13)21-15/h3,5,7,9,14H,4,6,8,10H2,1-2H3,(H,19,21). The molecule has 4 rings (SSSR count). The third-order valence-corrected chi connectivity index (χ3v) is 5.72. The lowest BCUT2D eigenvalue weighted by atomic mass is 9.94. The molecule has 1 fully saturated rings. The highest BCUT2D eigenvalue weighted by molar-refractivity contribution is 7.13. The van der Waals surface area contributed by atoms with E-state index in [4.69, 9.17) is 0 Å². The summed E-state index contributed by atoms with van der Waals surface area (Å²) < 4.78 is 0. The number of aromatic amines is 1. The van der Waals surface area contributed by atoms with Crippen LogP contribution in [0.3, 0.4) is 0 Å². The Bertz CT molecular complexity index is 864. The third kappa shape index (κ3) is 2.71. The lowest BCUT2D eigenvalue weighted by Gasteiger charge is -2.32. The van der Waals surface area contributed by atoms with Crippen molar-refractivity contribution in [1.82, 2.24) is 19.9 Å². The van der Waals surface area contributed by atoms with Crippen LogP contribution in [0, 0.1) is 13.8 Å². The van der Waals surface area contributed by atoms with Gasteiger partial charge in [-0.15, -0.1) is 11.3 Å². The fourth-order valence-corrected chi connectivity index (χ4v) is 4.38. The van der Waals surface area contributed by atoms with Gasteiger partial charge in [-0.2, -0.15) is 0 Å². The predicted molar refractivity (Wildman–Crippen MR) is 95.6 cm³/mol. The fourth-order valence-electron chi connectivity index (χ4n) is 3.49. The van der Waals surface area contributed by atoms with E-state index < -0.39 is 0 Å². The summed E-state index contributed by atoms with van der Waals surface area (Å²) in [5.74, 6) is 0.461. The van der Waals surface area contributed by atoms with Gasteiger partial charge in [-0.25, -0.2) is 9.97 Å². The van der Waals surface area contributed by atoms with Crippen LogP contribution in [-0.2, 0) is 0 Å². The van der Waals surface area contributed by atoms with E-state index in [2.05, 4.69) is 27.1 Å². The predicted octanol–water partition coefficient (Wildman–Crippen LogP) is 3.66. The Hall–Kier alpha value is -2.21. The first kappa shape index (κ1) is 15.3. The first-order valence-corrected chi connectivity index (χ1v) is 9.10. The summed E-state index contributed by atoms with van der Waals surface area (Å²) in [4.78, 5) is 27.8. The molecule has 24 heavy (non-hydrogen) atoms. The Morgan fingerprint density at radius 3 is 3.04 bits per heavy atom. The van der Waals surface area contributed by atoms with Gasteiger partial charge in [-0.3, -0.25) is 4.79 Å². The minimum Gasteiger partial charge on any atom is -0.343 e. The van der Waals surface area contributed by atoms with Crippen molar-refractivity contribution in [3.8, 4) is 0 Å². The van der Waals surface area contributed by atoms with E-state index in [1.165, 1.54) is 17.0 Å². The Kier molecular flexibility index (Phi) is 3.84. The Morgan fingerprint density at radius 2 is 2.29 bits per heavy atom. The second-order valence-corrected chi connectivity index (χ2v) is 7.61. The topological polar surface area (TPSA) is 61.9 Å². The van der Waals surface area contributed by atoms with Gasteiger partial charge in [0, 0.05) is 36.3 Å². The van der Waals surface area contributed by atoms with Gasteiger partial charge in [0.05, 0.1) is 10.7 Å². The highest BCUT2D eigenvalue weighted by Crippen LogP contribution is 2.30. The van der Waals surface area contributed by atoms with Crippen molar-refractivity contribution in [3.05, 3.63) is 45.7 Å². The zero-order valence-corrected chi connectivity index (χ0v) is 14.7. The van der Waals surface area contributed by atoms with Gasteiger partial charge in [-0.1, -0.05) is 0 Å². The average molecular weight is 340 g/mol. The smallest absolute Gasteiger partial charge is 0.265 e. The minimum absolute atomic E-state index is 0.122. The number of nitrogens with zero attached hydrogens (tertiary/aromatic N) is 3. The number of piperidine rings is 1. The molecule has 1 saturated heterocycles. The Labute approximate surface area is 144 Å². The molecular formula is C18H20N4OS. The van der Waals surface area contributed by atoms with Gasteiger partial charge in [0.25, 0.3) is 5.91 Å². The van der Waals surface area contributed by atoms with Crippen LogP contribution >= 0.6 is 11.3 Å². The van der Waals surface area contributed by atoms with E-state index in [-0.39, 0.29) is 5.91 Å². The number of fused-ring (bicyclic) bond motifs is 1. The number of hydrogen-bond donors (Lipinski definition) is 1. The van der Waals surface area contributed by atoms with Crippen molar-refractivity contribution in [2.24, 2.45) is 0 Å². The van der Waals surface area contributed by atoms with Gasteiger partial charge in [0.15, 0.2) is 0 Å². The monoisotopic (exact) mass is 340 g/mol. The van der Waals surface area contributed by atoms with E-state index in [1.54, 1.807) is 6.20 Å². The summed E-state index contributed by atoms with van der Waals surface area (Å²) in [5, 5.41) is 2.08. The molecule has 0 aliphatic carbocycles. The normalized spacial score (nSPS) is 18.2. The van der Waals surface area contributed by atoms with Crippen LogP contribution in [0.15, 0.2) is 24.4 Å². The molecule has 3 aromatic heterocycles. The van der Waals surface area contributed by atoms with Gasteiger partial charge in [-0.05, 0) is 44.9 Å². The summed E-state index contributed by atoms with van der Waals surface area (Å²) in [5.41, 5.74) is 2.95.